The Labute approximate surface area is 181 Å². The quantitative estimate of drug-likeness (QED) is 0.410. The molecule has 1 nitrogen and oxygen atoms in total. The summed E-state index contributed by atoms with van der Waals surface area (Å²) in [5.41, 5.74) is 2.85. The summed E-state index contributed by atoms with van der Waals surface area (Å²) in [6, 6.07) is 0. The highest BCUT2D eigenvalue weighted by Gasteiger charge is 2.59. The molecule has 8 atom stereocenters. The van der Waals surface area contributed by atoms with E-state index in [1.54, 1.807) is 5.57 Å². The Morgan fingerprint density at radius 3 is 2.52 bits per heavy atom. The van der Waals surface area contributed by atoms with Gasteiger partial charge in [-0.3, -0.25) is 0 Å². The van der Waals surface area contributed by atoms with Gasteiger partial charge >= 0.3 is 0 Å². The molecule has 0 aliphatic heterocycles. The van der Waals surface area contributed by atoms with E-state index in [-0.39, 0.29) is 0 Å². The first-order valence-corrected chi connectivity index (χ1v) is 13.0. The fourth-order valence-corrected chi connectivity index (χ4v) is 8.85. The van der Waals surface area contributed by atoms with Gasteiger partial charge in [0.15, 0.2) is 0 Å². The number of hydrogen-bond acceptors (Lipinski definition) is 1. The van der Waals surface area contributed by atoms with Crippen molar-refractivity contribution in [2.24, 2.45) is 46.3 Å². The van der Waals surface area contributed by atoms with Gasteiger partial charge in [0.1, 0.15) is 0 Å². The zero-order valence-electron chi connectivity index (χ0n) is 20.3. The van der Waals surface area contributed by atoms with E-state index in [0.717, 1.165) is 35.5 Å². The maximum atomic E-state index is 5.75. The standard InChI is InChI=1S/C28H48O/c1-19(2)8-7-9-20(3)24-12-13-25-23-11-10-21-18-22(29-6)14-16-27(21,4)26(23)15-17-28(24,25)5/h10,19-20,22-26H,7-9,11-18H2,1-6H3/t20-,22+,23-,24+,25-,26-,27+,28-/m1/s1. The van der Waals surface area contributed by atoms with E-state index >= 15 is 0 Å². The first-order valence-electron chi connectivity index (χ1n) is 13.0. The Morgan fingerprint density at radius 2 is 1.79 bits per heavy atom. The van der Waals surface area contributed by atoms with Crippen LogP contribution in [0.2, 0.25) is 0 Å². The number of rotatable bonds is 6. The van der Waals surface area contributed by atoms with Gasteiger partial charge < -0.3 is 4.74 Å². The Kier molecular flexibility index (Phi) is 6.29. The Hall–Kier alpha value is -0.300. The van der Waals surface area contributed by atoms with E-state index < -0.39 is 0 Å². The number of methoxy groups -OCH3 is 1. The molecule has 0 unspecified atom stereocenters. The number of ether oxygens (including phenoxy) is 1. The van der Waals surface area contributed by atoms with Crippen molar-refractivity contribution < 1.29 is 4.74 Å². The number of hydrogen-bond donors (Lipinski definition) is 0. The lowest BCUT2D eigenvalue weighted by atomic mass is 9.47. The monoisotopic (exact) mass is 400 g/mol. The second kappa shape index (κ2) is 8.33. The molecule has 0 aromatic rings. The largest absolute Gasteiger partial charge is 0.381 e. The van der Waals surface area contributed by atoms with Crippen molar-refractivity contribution in [1.29, 1.82) is 0 Å². The van der Waals surface area contributed by atoms with Crippen molar-refractivity contribution in [3.63, 3.8) is 0 Å². The molecule has 0 N–H and O–H groups in total. The molecular weight excluding hydrogens is 352 g/mol. The van der Waals surface area contributed by atoms with Gasteiger partial charge in [-0.1, -0.05) is 65.5 Å². The van der Waals surface area contributed by atoms with Crippen LogP contribution < -0.4 is 0 Å². The number of allylic oxidation sites excluding steroid dienone is 1. The second-order valence-electron chi connectivity index (χ2n) is 12.4. The van der Waals surface area contributed by atoms with Gasteiger partial charge in [0.05, 0.1) is 6.10 Å². The van der Waals surface area contributed by atoms with Gasteiger partial charge in [-0.2, -0.15) is 0 Å². The highest BCUT2D eigenvalue weighted by atomic mass is 16.5. The molecule has 0 bridgehead atoms. The van der Waals surface area contributed by atoms with Crippen molar-refractivity contribution in [2.45, 2.75) is 111 Å². The molecule has 0 aromatic heterocycles. The van der Waals surface area contributed by atoms with Gasteiger partial charge in [-0.15, -0.1) is 0 Å². The fourth-order valence-electron chi connectivity index (χ4n) is 8.85. The Morgan fingerprint density at radius 1 is 1.00 bits per heavy atom. The summed E-state index contributed by atoms with van der Waals surface area (Å²) in [4.78, 5) is 0. The van der Waals surface area contributed by atoms with Gasteiger partial charge in [0.2, 0.25) is 0 Å². The Bertz CT molecular complexity index is 605. The zero-order valence-corrected chi connectivity index (χ0v) is 20.3. The lowest BCUT2D eigenvalue weighted by Crippen LogP contribution is -2.50. The van der Waals surface area contributed by atoms with Crippen molar-refractivity contribution >= 4 is 0 Å². The molecule has 4 aliphatic carbocycles. The van der Waals surface area contributed by atoms with Crippen molar-refractivity contribution in [1.82, 2.24) is 0 Å². The molecular formula is C28H48O. The van der Waals surface area contributed by atoms with Crippen LogP contribution in [0, 0.1) is 46.3 Å². The van der Waals surface area contributed by atoms with Crippen LogP contribution in [0.5, 0.6) is 0 Å². The summed E-state index contributed by atoms with van der Waals surface area (Å²) in [5.74, 6) is 5.63. The second-order valence-corrected chi connectivity index (χ2v) is 12.4. The molecule has 0 heterocycles. The van der Waals surface area contributed by atoms with E-state index in [2.05, 4.69) is 40.7 Å². The summed E-state index contributed by atoms with van der Waals surface area (Å²) in [5, 5.41) is 0. The number of fused-ring (bicyclic) bond motifs is 5. The SMILES string of the molecule is CO[C@H]1CC[C@@]2(C)C(=CC[C@@H]3[C@H]4CC[C@@H]([C@H](C)CCCC(C)C)[C@@]4(C)CC[C@H]32)C1. The summed E-state index contributed by atoms with van der Waals surface area (Å²) in [6.45, 7) is 12.7. The third-order valence-electron chi connectivity index (χ3n) is 10.6. The topological polar surface area (TPSA) is 9.23 Å². The van der Waals surface area contributed by atoms with Crippen molar-refractivity contribution in [3.8, 4) is 0 Å². The van der Waals surface area contributed by atoms with Crippen LogP contribution in [-0.4, -0.2) is 13.2 Å². The highest BCUT2D eigenvalue weighted by molar-refractivity contribution is 5.25. The third kappa shape index (κ3) is 3.77. The van der Waals surface area contributed by atoms with Gasteiger partial charge in [-0.25, -0.2) is 0 Å². The van der Waals surface area contributed by atoms with Gasteiger partial charge in [0, 0.05) is 7.11 Å². The van der Waals surface area contributed by atoms with Gasteiger partial charge in [-0.05, 0) is 97.7 Å². The molecule has 0 spiro atoms. The molecule has 3 fully saturated rings. The molecule has 0 amide bonds. The van der Waals surface area contributed by atoms with Gasteiger partial charge in [0.25, 0.3) is 0 Å². The average molecular weight is 401 g/mol. The van der Waals surface area contributed by atoms with Crippen LogP contribution in [0.25, 0.3) is 0 Å². The first-order chi connectivity index (χ1) is 13.8. The van der Waals surface area contributed by atoms with Crippen molar-refractivity contribution in [2.75, 3.05) is 7.11 Å². The summed E-state index contributed by atoms with van der Waals surface area (Å²) < 4.78 is 5.75. The third-order valence-corrected chi connectivity index (χ3v) is 10.6. The van der Waals surface area contributed by atoms with E-state index in [1.807, 2.05) is 7.11 Å². The molecule has 0 saturated heterocycles. The lowest BCUT2D eigenvalue weighted by Gasteiger charge is -2.58. The van der Waals surface area contributed by atoms with Crippen LogP contribution in [-0.2, 0) is 4.74 Å². The smallest absolute Gasteiger partial charge is 0.0608 e. The molecule has 4 rings (SSSR count). The molecule has 1 heteroatoms. The van der Waals surface area contributed by atoms with Crippen LogP contribution in [0.1, 0.15) is 105 Å². The Balaban J connectivity index is 1.48. The highest BCUT2D eigenvalue weighted by Crippen LogP contribution is 2.67. The zero-order chi connectivity index (χ0) is 20.8. The summed E-state index contributed by atoms with van der Waals surface area (Å²) in [6.07, 6.45) is 18.7. The molecule has 4 aliphatic rings. The maximum Gasteiger partial charge on any atom is 0.0608 e. The molecule has 29 heavy (non-hydrogen) atoms. The molecule has 0 radical (unpaired) electrons. The average Bonchev–Trinajstić information content (AvgIpc) is 3.04. The minimum Gasteiger partial charge on any atom is -0.381 e. The van der Waals surface area contributed by atoms with Crippen LogP contribution >= 0.6 is 0 Å². The van der Waals surface area contributed by atoms with Crippen LogP contribution in [0.15, 0.2) is 11.6 Å². The lowest BCUT2D eigenvalue weighted by molar-refractivity contribution is -0.0601. The molecule has 166 valence electrons. The first kappa shape index (κ1) is 21.9. The summed E-state index contributed by atoms with van der Waals surface area (Å²) in [7, 11) is 1.91. The molecule has 3 saturated carbocycles. The minimum atomic E-state index is 0.472. The van der Waals surface area contributed by atoms with E-state index in [1.165, 1.54) is 70.6 Å². The van der Waals surface area contributed by atoms with Crippen molar-refractivity contribution in [3.05, 3.63) is 11.6 Å². The minimum absolute atomic E-state index is 0.472. The molecule has 0 aromatic carbocycles. The van der Waals surface area contributed by atoms with Crippen LogP contribution in [0.4, 0.5) is 0 Å². The normalized spacial score (nSPS) is 45.3. The van der Waals surface area contributed by atoms with E-state index in [9.17, 15) is 0 Å². The predicted molar refractivity (Wildman–Crippen MR) is 124 cm³/mol. The fraction of sp³-hybridized carbons (Fsp3) is 0.929. The van der Waals surface area contributed by atoms with E-state index in [4.69, 9.17) is 4.74 Å². The maximum absolute atomic E-state index is 5.75. The predicted octanol–water partition coefficient (Wildman–Crippen LogP) is 8.04. The summed E-state index contributed by atoms with van der Waals surface area (Å²) >= 11 is 0. The van der Waals surface area contributed by atoms with Crippen LogP contribution in [0.3, 0.4) is 0 Å². The van der Waals surface area contributed by atoms with E-state index in [0.29, 0.717) is 16.9 Å².